The fraction of sp³-hybridized carbons (Fsp3) is 0.278. The molecule has 1 aliphatic rings. The molecule has 0 fully saturated rings. The molecule has 1 heterocycles. The van der Waals surface area contributed by atoms with Gasteiger partial charge in [0, 0.05) is 24.1 Å². The van der Waals surface area contributed by atoms with Crippen LogP contribution >= 0.6 is 0 Å². The topological polar surface area (TPSA) is 55.1 Å². The predicted octanol–water partition coefficient (Wildman–Crippen LogP) is 3.12. The molecule has 2 aromatic carbocycles. The zero-order chi connectivity index (χ0) is 14.8. The van der Waals surface area contributed by atoms with Crippen molar-refractivity contribution in [2.24, 2.45) is 5.73 Å². The summed E-state index contributed by atoms with van der Waals surface area (Å²) in [5, 5.41) is 3.59. The van der Waals surface area contributed by atoms with Crippen molar-refractivity contribution in [1.29, 1.82) is 0 Å². The molecule has 0 spiro atoms. The Morgan fingerprint density at radius 1 is 1.29 bits per heavy atom. The number of amides is 1. The van der Waals surface area contributed by atoms with E-state index in [0.29, 0.717) is 17.5 Å². The van der Waals surface area contributed by atoms with Gasteiger partial charge in [-0.25, -0.2) is 0 Å². The third-order valence-corrected chi connectivity index (χ3v) is 4.34. The molecule has 108 valence electrons. The van der Waals surface area contributed by atoms with Gasteiger partial charge >= 0.3 is 0 Å². The summed E-state index contributed by atoms with van der Waals surface area (Å²) in [5.41, 5.74) is 9.77. The van der Waals surface area contributed by atoms with Crippen molar-refractivity contribution in [3.63, 3.8) is 0 Å². The number of hydrogen-bond acceptors (Lipinski definition) is 2. The number of hydrogen-bond donors (Lipinski definition) is 2. The van der Waals surface area contributed by atoms with Crippen LogP contribution in [-0.4, -0.2) is 5.91 Å². The quantitative estimate of drug-likeness (QED) is 0.904. The zero-order valence-electron chi connectivity index (χ0n) is 12.2. The number of carbonyl (C=O) groups excluding carboxylic acids is 1. The maximum Gasteiger partial charge on any atom is 0.248 e. The highest BCUT2D eigenvalue weighted by molar-refractivity contribution is 5.93. The normalized spacial score (nSPS) is 18.2. The van der Waals surface area contributed by atoms with Crippen LogP contribution in [0.3, 0.4) is 0 Å². The summed E-state index contributed by atoms with van der Waals surface area (Å²) in [6.07, 6.45) is 1.07. The van der Waals surface area contributed by atoms with E-state index < -0.39 is 0 Å². The van der Waals surface area contributed by atoms with Gasteiger partial charge in [-0.15, -0.1) is 0 Å². The molecule has 3 N–H and O–H groups in total. The first-order valence-electron chi connectivity index (χ1n) is 7.41. The molecule has 21 heavy (non-hydrogen) atoms. The summed E-state index contributed by atoms with van der Waals surface area (Å²) in [5.74, 6) is 0.0724. The molecular formula is C18H20N2O. The maximum atomic E-state index is 11.3. The fourth-order valence-electron chi connectivity index (χ4n) is 3.27. The standard InChI is InChI=1S/C18H20N2O/c1-2-15(12-6-4-3-5-7-12)17-16-9-8-13(18(19)21)10-14(16)11-20-17/h3-10,15,17,20H,2,11H2,1H3,(H2,19,21)/t15-,17?/m0/s1. The van der Waals surface area contributed by atoms with Crippen LogP contribution in [-0.2, 0) is 6.54 Å². The molecule has 0 saturated carbocycles. The van der Waals surface area contributed by atoms with Gasteiger partial charge in [0.15, 0.2) is 0 Å². The lowest BCUT2D eigenvalue weighted by Gasteiger charge is -2.24. The van der Waals surface area contributed by atoms with Crippen molar-refractivity contribution >= 4 is 5.91 Å². The Bertz CT molecular complexity index is 652. The van der Waals surface area contributed by atoms with E-state index >= 15 is 0 Å². The molecule has 0 aliphatic carbocycles. The Morgan fingerprint density at radius 2 is 2.05 bits per heavy atom. The Hall–Kier alpha value is -2.13. The third kappa shape index (κ3) is 2.57. The molecule has 2 aromatic rings. The van der Waals surface area contributed by atoms with Crippen LogP contribution in [0.25, 0.3) is 0 Å². The van der Waals surface area contributed by atoms with Gasteiger partial charge in [-0.05, 0) is 35.2 Å². The highest BCUT2D eigenvalue weighted by atomic mass is 16.1. The van der Waals surface area contributed by atoms with E-state index in [-0.39, 0.29) is 5.91 Å². The summed E-state index contributed by atoms with van der Waals surface area (Å²) < 4.78 is 0. The number of carbonyl (C=O) groups is 1. The van der Waals surface area contributed by atoms with Gasteiger partial charge in [0.1, 0.15) is 0 Å². The second-order valence-electron chi connectivity index (χ2n) is 5.56. The molecule has 1 unspecified atom stereocenters. The molecule has 0 aromatic heterocycles. The van der Waals surface area contributed by atoms with Crippen LogP contribution in [0, 0.1) is 0 Å². The lowest BCUT2D eigenvalue weighted by Crippen LogP contribution is -2.20. The molecule has 0 bridgehead atoms. The van der Waals surface area contributed by atoms with E-state index in [2.05, 4.69) is 36.5 Å². The van der Waals surface area contributed by atoms with Crippen molar-refractivity contribution in [1.82, 2.24) is 5.32 Å². The molecule has 3 heteroatoms. The smallest absolute Gasteiger partial charge is 0.248 e. The average Bonchev–Trinajstić information content (AvgIpc) is 2.92. The summed E-state index contributed by atoms with van der Waals surface area (Å²) in [4.78, 5) is 11.3. The number of nitrogens with one attached hydrogen (secondary N) is 1. The van der Waals surface area contributed by atoms with Crippen LogP contribution in [0.4, 0.5) is 0 Å². The van der Waals surface area contributed by atoms with Crippen molar-refractivity contribution in [2.75, 3.05) is 0 Å². The lowest BCUT2D eigenvalue weighted by molar-refractivity contribution is 0.1000. The Labute approximate surface area is 125 Å². The molecule has 1 aliphatic heterocycles. The summed E-state index contributed by atoms with van der Waals surface area (Å²) in [6.45, 7) is 3.01. The predicted molar refractivity (Wildman–Crippen MR) is 84.0 cm³/mol. The van der Waals surface area contributed by atoms with Crippen LogP contribution < -0.4 is 11.1 Å². The molecule has 3 rings (SSSR count). The van der Waals surface area contributed by atoms with Crippen molar-refractivity contribution in [2.45, 2.75) is 31.8 Å². The van der Waals surface area contributed by atoms with E-state index in [0.717, 1.165) is 13.0 Å². The van der Waals surface area contributed by atoms with Crippen LogP contribution in [0.15, 0.2) is 48.5 Å². The van der Waals surface area contributed by atoms with Gasteiger partial charge in [-0.3, -0.25) is 4.79 Å². The minimum Gasteiger partial charge on any atom is -0.366 e. The Balaban J connectivity index is 1.94. The lowest BCUT2D eigenvalue weighted by atomic mass is 9.85. The molecule has 0 radical (unpaired) electrons. The zero-order valence-corrected chi connectivity index (χ0v) is 12.2. The first-order chi connectivity index (χ1) is 10.2. The Kier molecular flexibility index (Phi) is 3.76. The monoisotopic (exact) mass is 280 g/mol. The number of fused-ring (bicyclic) bond motifs is 1. The van der Waals surface area contributed by atoms with Gasteiger partial charge in [0.25, 0.3) is 0 Å². The first kappa shape index (κ1) is 13.8. The second kappa shape index (κ2) is 5.70. The van der Waals surface area contributed by atoms with E-state index in [1.807, 2.05) is 24.3 Å². The average molecular weight is 280 g/mol. The molecule has 3 nitrogen and oxygen atoms in total. The van der Waals surface area contributed by atoms with Gasteiger partial charge in [0.2, 0.25) is 5.91 Å². The van der Waals surface area contributed by atoms with Gasteiger partial charge in [-0.1, -0.05) is 43.3 Å². The van der Waals surface area contributed by atoms with Crippen molar-refractivity contribution < 1.29 is 4.79 Å². The van der Waals surface area contributed by atoms with E-state index in [1.54, 1.807) is 0 Å². The number of nitrogens with two attached hydrogens (primary N) is 1. The van der Waals surface area contributed by atoms with Gasteiger partial charge in [-0.2, -0.15) is 0 Å². The summed E-state index contributed by atoms with van der Waals surface area (Å²) >= 11 is 0. The first-order valence-corrected chi connectivity index (χ1v) is 7.41. The fourth-order valence-corrected chi connectivity index (χ4v) is 3.27. The highest BCUT2D eigenvalue weighted by Crippen LogP contribution is 2.38. The minimum absolute atomic E-state index is 0.300. The highest BCUT2D eigenvalue weighted by Gasteiger charge is 2.29. The molecule has 2 atom stereocenters. The number of primary amides is 1. The van der Waals surface area contributed by atoms with Gasteiger partial charge < -0.3 is 11.1 Å². The SMILES string of the molecule is CC[C@@H](c1ccccc1)C1NCc2cc(C(N)=O)ccc21. The number of benzene rings is 2. The van der Waals surface area contributed by atoms with Crippen molar-refractivity contribution in [3.05, 3.63) is 70.8 Å². The van der Waals surface area contributed by atoms with Crippen LogP contribution in [0.2, 0.25) is 0 Å². The van der Waals surface area contributed by atoms with Crippen LogP contribution in [0.5, 0.6) is 0 Å². The van der Waals surface area contributed by atoms with E-state index in [1.165, 1.54) is 16.7 Å². The molecule has 1 amide bonds. The molecular weight excluding hydrogens is 260 g/mol. The van der Waals surface area contributed by atoms with Crippen LogP contribution in [0.1, 0.15) is 52.4 Å². The van der Waals surface area contributed by atoms with E-state index in [4.69, 9.17) is 5.73 Å². The number of rotatable bonds is 4. The second-order valence-corrected chi connectivity index (χ2v) is 5.56. The van der Waals surface area contributed by atoms with Crippen molar-refractivity contribution in [3.8, 4) is 0 Å². The largest absolute Gasteiger partial charge is 0.366 e. The summed E-state index contributed by atoms with van der Waals surface area (Å²) in [7, 11) is 0. The summed E-state index contributed by atoms with van der Waals surface area (Å²) in [6, 6.07) is 16.7. The Morgan fingerprint density at radius 3 is 2.71 bits per heavy atom. The third-order valence-electron chi connectivity index (χ3n) is 4.34. The van der Waals surface area contributed by atoms with E-state index in [9.17, 15) is 4.79 Å². The minimum atomic E-state index is -0.364. The maximum absolute atomic E-state index is 11.3. The molecule has 0 saturated heterocycles. The van der Waals surface area contributed by atoms with Gasteiger partial charge in [0.05, 0.1) is 0 Å².